The molecule has 26 heavy (non-hydrogen) atoms. The van der Waals surface area contributed by atoms with E-state index >= 15 is 0 Å². The lowest BCUT2D eigenvalue weighted by molar-refractivity contribution is 0.0206. The van der Waals surface area contributed by atoms with E-state index in [1.165, 1.54) is 6.20 Å². The Balaban J connectivity index is 1.77. The molecule has 2 aromatic heterocycles. The molecular formula is C17H21ClN6O2. The second kappa shape index (κ2) is 7.00. The predicted molar refractivity (Wildman–Crippen MR) is 97.2 cm³/mol. The van der Waals surface area contributed by atoms with E-state index in [9.17, 15) is 4.79 Å². The fourth-order valence-electron chi connectivity index (χ4n) is 2.91. The van der Waals surface area contributed by atoms with Crippen molar-refractivity contribution in [2.75, 3.05) is 18.4 Å². The largest absolute Gasteiger partial charge is 0.444 e. The number of aromatic nitrogens is 3. The number of carbonyl (C=O) groups is 1. The number of likely N-dealkylation sites (tertiary alicyclic amines) is 1. The van der Waals surface area contributed by atoms with Gasteiger partial charge in [-0.05, 0) is 33.6 Å². The highest BCUT2D eigenvalue weighted by Crippen LogP contribution is 2.22. The molecule has 3 rings (SSSR count). The van der Waals surface area contributed by atoms with Crippen LogP contribution in [0.3, 0.4) is 0 Å². The molecule has 0 spiro atoms. The highest BCUT2D eigenvalue weighted by molar-refractivity contribution is 6.29. The molecule has 0 aliphatic carbocycles. The molecule has 1 N–H and O–H groups in total. The molecular weight excluding hydrogens is 356 g/mol. The highest BCUT2D eigenvalue weighted by atomic mass is 35.5. The normalized spacial score (nSPS) is 17.8. The molecule has 2 aromatic rings. The van der Waals surface area contributed by atoms with Gasteiger partial charge in [0.05, 0.1) is 6.20 Å². The van der Waals surface area contributed by atoms with Crippen molar-refractivity contribution >= 4 is 29.2 Å². The molecule has 0 aromatic carbocycles. The van der Waals surface area contributed by atoms with Crippen LogP contribution in [0.4, 0.5) is 10.6 Å². The van der Waals surface area contributed by atoms with Gasteiger partial charge in [-0.3, -0.25) is 0 Å². The number of ether oxygens (including phenoxy) is 1. The van der Waals surface area contributed by atoms with Gasteiger partial charge in [0.25, 0.3) is 0 Å². The Morgan fingerprint density at radius 3 is 2.96 bits per heavy atom. The second-order valence-corrected chi connectivity index (χ2v) is 7.67. The van der Waals surface area contributed by atoms with Crippen molar-refractivity contribution in [2.45, 2.75) is 45.3 Å². The molecule has 1 saturated heterocycles. The first kappa shape index (κ1) is 18.3. The summed E-state index contributed by atoms with van der Waals surface area (Å²) in [7, 11) is 0. The van der Waals surface area contributed by atoms with Gasteiger partial charge in [-0.1, -0.05) is 11.6 Å². The number of hydrogen-bond donors (Lipinski definition) is 1. The quantitative estimate of drug-likeness (QED) is 0.809. The minimum absolute atomic E-state index is 0.0210. The van der Waals surface area contributed by atoms with Gasteiger partial charge in [0.1, 0.15) is 28.2 Å². The summed E-state index contributed by atoms with van der Waals surface area (Å²) in [5.74, 6) is 0.637. The minimum Gasteiger partial charge on any atom is -0.444 e. The van der Waals surface area contributed by atoms with Crippen LogP contribution in [0.2, 0.25) is 5.15 Å². The first-order valence-corrected chi connectivity index (χ1v) is 8.83. The fraction of sp³-hybridized carbons (Fsp3) is 0.529. The number of nitrogens with zero attached hydrogens (tertiary/aromatic N) is 5. The third kappa shape index (κ3) is 3.99. The number of nitriles is 1. The number of amides is 1. The lowest BCUT2D eigenvalue weighted by Gasteiger charge is -2.34. The van der Waals surface area contributed by atoms with Gasteiger partial charge in [0.15, 0.2) is 5.65 Å². The zero-order valence-electron chi connectivity index (χ0n) is 15.0. The van der Waals surface area contributed by atoms with E-state index in [4.69, 9.17) is 21.6 Å². The van der Waals surface area contributed by atoms with Crippen LogP contribution in [0.25, 0.3) is 5.65 Å². The molecule has 138 valence electrons. The molecule has 1 aliphatic rings. The first-order valence-electron chi connectivity index (χ1n) is 8.45. The van der Waals surface area contributed by atoms with Crippen LogP contribution in [-0.2, 0) is 4.74 Å². The van der Waals surface area contributed by atoms with E-state index in [1.807, 2.05) is 20.8 Å². The molecule has 0 saturated carbocycles. The third-order valence-corrected chi connectivity index (χ3v) is 4.18. The molecule has 8 nitrogen and oxygen atoms in total. The third-order valence-electron chi connectivity index (χ3n) is 3.99. The zero-order chi connectivity index (χ0) is 18.9. The van der Waals surface area contributed by atoms with E-state index < -0.39 is 5.60 Å². The van der Waals surface area contributed by atoms with Gasteiger partial charge in [0.2, 0.25) is 0 Å². The highest BCUT2D eigenvalue weighted by Gasteiger charge is 2.28. The lowest BCUT2D eigenvalue weighted by atomic mass is 10.1. The number of anilines is 1. The second-order valence-electron chi connectivity index (χ2n) is 7.28. The van der Waals surface area contributed by atoms with Gasteiger partial charge in [-0.2, -0.15) is 14.9 Å². The smallest absolute Gasteiger partial charge is 0.410 e. The van der Waals surface area contributed by atoms with E-state index in [1.54, 1.807) is 15.5 Å². The van der Waals surface area contributed by atoms with Crippen molar-refractivity contribution in [3.63, 3.8) is 0 Å². The van der Waals surface area contributed by atoms with Crippen LogP contribution < -0.4 is 5.32 Å². The van der Waals surface area contributed by atoms with Gasteiger partial charge in [0, 0.05) is 25.2 Å². The Labute approximate surface area is 156 Å². The zero-order valence-corrected chi connectivity index (χ0v) is 15.7. The van der Waals surface area contributed by atoms with E-state index in [2.05, 4.69) is 21.5 Å². The van der Waals surface area contributed by atoms with E-state index in [-0.39, 0.29) is 17.3 Å². The maximum absolute atomic E-state index is 12.3. The Bertz CT molecular complexity index is 866. The minimum atomic E-state index is -0.523. The average molecular weight is 377 g/mol. The maximum Gasteiger partial charge on any atom is 0.410 e. The van der Waals surface area contributed by atoms with Crippen molar-refractivity contribution in [3.8, 4) is 6.07 Å². The Hall–Kier alpha value is -2.53. The van der Waals surface area contributed by atoms with Crippen molar-refractivity contribution in [1.82, 2.24) is 19.5 Å². The summed E-state index contributed by atoms with van der Waals surface area (Å²) in [6.45, 7) is 6.74. The molecule has 9 heteroatoms. The molecule has 0 bridgehead atoms. The SMILES string of the molecule is CC(C)(C)OC(=O)N1CCCC(Nc2cc(Cl)nc3c(C#N)cnn23)C1. The monoisotopic (exact) mass is 376 g/mol. The Morgan fingerprint density at radius 2 is 2.27 bits per heavy atom. The number of fused-ring (bicyclic) bond motifs is 1. The molecule has 3 heterocycles. The maximum atomic E-state index is 12.3. The molecule has 1 atom stereocenters. The average Bonchev–Trinajstić information content (AvgIpc) is 2.96. The molecule has 1 amide bonds. The van der Waals surface area contributed by atoms with Crippen LogP contribution in [0.1, 0.15) is 39.2 Å². The fourth-order valence-corrected chi connectivity index (χ4v) is 3.09. The van der Waals surface area contributed by atoms with Gasteiger partial charge in [-0.25, -0.2) is 9.78 Å². The molecule has 1 aliphatic heterocycles. The number of nitrogens with one attached hydrogen (secondary N) is 1. The predicted octanol–water partition coefficient (Wildman–Crippen LogP) is 3.07. The summed E-state index contributed by atoms with van der Waals surface area (Å²) in [5.41, 5.74) is 0.238. The van der Waals surface area contributed by atoms with Crippen LogP contribution in [-0.4, -0.2) is 50.3 Å². The number of rotatable bonds is 2. The van der Waals surface area contributed by atoms with Gasteiger partial charge >= 0.3 is 6.09 Å². The summed E-state index contributed by atoms with van der Waals surface area (Å²) in [4.78, 5) is 18.2. The summed E-state index contributed by atoms with van der Waals surface area (Å²) >= 11 is 6.09. The standard InChI is InChI=1S/C17H21ClN6O2/c1-17(2,3)26-16(25)23-6-4-5-12(10-23)21-14-7-13(18)22-15-11(8-19)9-20-24(14)15/h7,9,12,21H,4-6,10H2,1-3H3. The van der Waals surface area contributed by atoms with Crippen molar-refractivity contribution < 1.29 is 9.53 Å². The van der Waals surface area contributed by atoms with Crippen LogP contribution in [0.15, 0.2) is 12.3 Å². The molecule has 0 radical (unpaired) electrons. The summed E-state index contributed by atoms with van der Waals surface area (Å²) in [6.07, 6.45) is 2.90. The van der Waals surface area contributed by atoms with Crippen LogP contribution >= 0.6 is 11.6 Å². The molecule has 1 unspecified atom stereocenters. The van der Waals surface area contributed by atoms with Crippen molar-refractivity contribution in [2.24, 2.45) is 0 Å². The van der Waals surface area contributed by atoms with E-state index in [0.717, 1.165) is 12.8 Å². The van der Waals surface area contributed by atoms with Crippen LogP contribution in [0, 0.1) is 11.3 Å². The summed E-state index contributed by atoms with van der Waals surface area (Å²) < 4.78 is 7.01. The van der Waals surface area contributed by atoms with Crippen molar-refractivity contribution in [3.05, 3.63) is 23.0 Å². The number of hydrogen-bond acceptors (Lipinski definition) is 6. The summed E-state index contributed by atoms with van der Waals surface area (Å²) in [5, 5.41) is 17.0. The van der Waals surface area contributed by atoms with Crippen LogP contribution in [0.5, 0.6) is 0 Å². The lowest BCUT2D eigenvalue weighted by Crippen LogP contribution is -2.47. The summed E-state index contributed by atoms with van der Waals surface area (Å²) in [6, 6.07) is 3.73. The van der Waals surface area contributed by atoms with E-state index in [0.29, 0.717) is 30.1 Å². The van der Waals surface area contributed by atoms with Crippen molar-refractivity contribution in [1.29, 1.82) is 5.26 Å². The number of piperidine rings is 1. The molecule has 1 fully saturated rings. The topological polar surface area (TPSA) is 95.5 Å². The Kier molecular flexibility index (Phi) is 4.92. The number of carbonyl (C=O) groups excluding carboxylic acids is 1. The van der Waals surface area contributed by atoms with Gasteiger partial charge in [-0.15, -0.1) is 0 Å². The number of halogens is 1. The Morgan fingerprint density at radius 1 is 1.50 bits per heavy atom. The van der Waals surface area contributed by atoms with Gasteiger partial charge < -0.3 is 15.0 Å². The first-order chi connectivity index (χ1) is 12.3.